The number of allylic oxidation sites excluding steroid dienone is 1. The van der Waals surface area contributed by atoms with Gasteiger partial charge in [-0.25, -0.2) is 0 Å². The van der Waals surface area contributed by atoms with Crippen LogP contribution in [0.3, 0.4) is 0 Å². The van der Waals surface area contributed by atoms with E-state index < -0.39 is 4.92 Å². The highest BCUT2D eigenvalue weighted by Crippen LogP contribution is 2.12. The lowest BCUT2D eigenvalue weighted by Gasteiger charge is -1.93. The lowest BCUT2D eigenvalue weighted by molar-refractivity contribution is -0.422. The summed E-state index contributed by atoms with van der Waals surface area (Å²) in [5.74, 6) is 0. The second-order valence-electron chi connectivity index (χ2n) is 2.59. The van der Waals surface area contributed by atoms with E-state index in [1.165, 1.54) is 13.0 Å². The maximum Gasteiger partial charge on any atom is 0.243 e. The molecule has 0 fully saturated rings. The van der Waals surface area contributed by atoms with Crippen molar-refractivity contribution in [3.05, 3.63) is 50.7 Å². The van der Waals surface area contributed by atoms with Crippen LogP contribution in [0.5, 0.6) is 0 Å². The summed E-state index contributed by atoms with van der Waals surface area (Å²) in [6.45, 7) is 1.45. The zero-order chi connectivity index (χ0) is 9.84. The Morgan fingerprint density at radius 2 is 2.00 bits per heavy atom. The summed E-state index contributed by atoms with van der Waals surface area (Å²) < 4.78 is 0. The second-order valence-corrected chi connectivity index (χ2v) is 3.03. The molecule has 0 radical (unpaired) electrons. The van der Waals surface area contributed by atoms with Crippen LogP contribution in [0.1, 0.15) is 12.5 Å². The van der Waals surface area contributed by atoms with Gasteiger partial charge in [0, 0.05) is 18.0 Å². The molecule has 0 spiro atoms. The predicted octanol–water partition coefficient (Wildman–Crippen LogP) is 2.98. The van der Waals surface area contributed by atoms with Gasteiger partial charge in [0.15, 0.2) is 0 Å². The Balaban J connectivity index is 2.92. The van der Waals surface area contributed by atoms with Crippen molar-refractivity contribution in [1.82, 2.24) is 0 Å². The minimum atomic E-state index is -0.422. The van der Waals surface area contributed by atoms with Crippen molar-refractivity contribution < 1.29 is 4.92 Å². The van der Waals surface area contributed by atoms with Gasteiger partial charge in [0.05, 0.1) is 4.92 Å². The van der Waals surface area contributed by atoms with E-state index in [0.29, 0.717) is 5.02 Å². The number of halogens is 1. The molecule has 0 saturated carbocycles. The number of benzene rings is 1. The Kier molecular flexibility index (Phi) is 3.03. The number of nitro groups is 1. The molecule has 0 heterocycles. The normalized spacial score (nSPS) is 11.4. The summed E-state index contributed by atoms with van der Waals surface area (Å²) in [5.41, 5.74) is 0.890. The Morgan fingerprint density at radius 3 is 2.46 bits per heavy atom. The average Bonchev–Trinajstić information content (AvgIpc) is 2.08. The summed E-state index contributed by atoms with van der Waals surface area (Å²) >= 11 is 5.66. The molecule has 0 atom stereocenters. The topological polar surface area (TPSA) is 43.1 Å². The first-order valence-corrected chi connectivity index (χ1v) is 4.05. The molecule has 13 heavy (non-hydrogen) atoms. The Labute approximate surface area is 80.8 Å². The molecular formula is C9H8ClNO2. The van der Waals surface area contributed by atoms with Crippen LogP contribution in [0, 0.1) is 10.1 Å². The van der Waals surface area contributed by atoms with E-state index in [1.54, 1.807) is 24.3 Å². The van der Waals surface area contributed by atoms with E-state index in [2.05, 4.69) is 0 Å². The third kappa shape index (κ3) is 2.87. The van der Waals surface area contributed by atoms with Gasteiger partial charge in [0.2, 0.25) is 5.70 Å². The van der Waals surface area contributed by atoms with Crippen LogP contribution in [0.15, 0.2) is 30.0 Å². The minimum absolute atomic E-state index is 0.113. The van der Waals surface area contributed by atoms with Gasteiger partial charge in [-0.3, -0.25) is 10.1 Å². The van der Waals surface area contributed by atoms with Gasteiger partial charge in [-0.15, -0.1) is 0 Å². The minimum Gasteiger partial charge on any atom is -0.259 e. The lowest BCUT2D eigenvalue weighted by atomic mass is 10.2. The zero-order valence-electron chi connectivity index (χ0n) is 7.03. The fourth-order valence-electron chi connectivity index (χ4n) is 0.853. The van der Waals surface area contributed by atoms with E-state index in [4.69, 9.17) is 11.6 Å². The number of rotatable bonds is 2. The molecule has 1 aromatic rings. The molecule has 68 valence electrons. The van der Waals surface area contributed by atoms with Crippen LogP contribution in [-0.4, -0.2) is 4.92 Å². The summed E-state index contributed by atoms with van der Waals surface area (Å²) in [5, 5.41) is 10.9. The van der Waals surface area contributed by atoms with Gasteiger partial charge >= 0.3 is 0 Å². The van der Waals surface area contributed by atoms with Gasteiger partial charge in [-0.05, 0) is 17.7 Å². The van der Waals surface area contributed by atoms with Crippen LogP contribution in [-0.2, 0) is 0 Å². The predicted molar refractivity (Wildman–Crippen MR) is 52.1 cm³/mol. The third-order valence-corrected chi connectivity index (χ3v) is 1.79. The van der Waals surface area contributed by atoms with Crippen molar-refractivity contribution in [2.24, 2.45) is 0 Å². The Morgan fingerprint density at radius 1 is 1.46 bits per heavy atom. The molecule has 1 aromatic carbocycles. The van der Waals surface area contributed by atoms with Crippen LogP contribution in [0.2, 0.25) is 5.02 Å². The maximum atomic E-state index is 10.3. The quantitative estimate of drug-likeness (QED) is 0.540. The van der Waals surface area contributed by atoms with Gasteiger partial charge in [0.25, 0.3) is 0 Å². The molecule has 4 heteroatoms. The first kappa shape index (κ1) is 9.74. The van der Waals surface area contributed by atoms with E-state index in [1.807, 2.05) is 0 Å². The van der Waals surface area contributed by atoms with Crippen LogP contribution in [0.4, 0.5) is 0 Å². The number of nitrogens with zero attached hydrogens (tertiary/aromatic N) is 1. The average molecular weight is 198 g/mol. The van der Waals surface area contributed by atoms with E-state index in [-0.39, 0.29) is 5.70 Å². The summed E-state index contributed by atoms with van der Waals surface area (Å²) in [6.07, 6.45) is 1.50. The zero-order valence-corrected chi connectivity index (χ0v) is 7.78. The highest BCUT2D eigenvalue weighted by atomic mass is 35.5. The molecule has 0 unspecified atom stereocenters. The van der Waals surface area contributed by atoms with Crippen molar-refractivity contribution in [2.75, 3.05) is 0 Å². The number of hydrogen-bond acceptors (Lipinski definition) is 2. The second kappa shape index (κ2) is 4.05. The first-order chi connectivity index (χ1) is 6.09. The van der Waals surface area contributed by atoms with Gasteiger partial charge < -0.3 is 0 Å². The highest BCUT2D eigenvalue weighted by Gasteiger charge is 2.00. The molecule has 0 bridgehead atoms. The molecule has 0 aliphatic carbocycles. The maximum absolute atomic E-state index is 10.3. The molecule has 3 nitrogen and oxygen atoms in total. The fraction of sp³-hybridized carbons (Fsp3) is 0.111. The van der Waals surface area contributed by atoms with E-state index in [0.717, 1.165) is 5.56 Å². The van der Waals surface area contributed by atoms with Crippen LogP contribution in [0.25, 0.3) is 6.08 Å². The SMILES string of the molecule is C/C(=C/c1ccc(Cl)cc1)[N+](=O)[O-]. The fourth-order valence-corrected chi connectivity index (χ4v) is 0.979. The summed E-state index contributed by atoms with van der Waals surface area (Å²) in [4.78, 5) is 9.86. The molecule has 0 aliphatic heterocycles. The molecule has 0 aliphatic rings. The third-order valence-electron chi connectivity index (χ3n) is 1.53. The molecular weight excluding hydrogens is 190 g/mol. The smallest absolute Gasteiger partial charge is 0.243 e. The molecule has 0 saturated heterocycles. The Hall–Kier alpha value is -1.35. The van der Waals surface area contributed by atoms with E-state index >= 15 is 0 Å². The van der Waals surface area contributed by atoms with Crippen molar-refractivity contribution in [3.63, 3.8) is 0 Å². The van der Waals surface area contributed by atoms with Crippen molar-refractivity contribution in [1.29, 1.82) is 0 Å². The number of hydrogen-bond donors (Lipinski definition) is 0. The molecule has 0 amide bonds. The van der Waals surface area contributed by atoms with Crippen LogP contribution >= 0.6 is 11.6 Å². The van der Waals surface area contributed by atoms with Crippen molar-refractivity contribution >= 4 is 17.7 Å². The van der Waals surface area contributed by atoms with E-state index in [9.17, 15) is 10.1 Å². The standard InChI is InChI=1S/C9H8ClNO2/c1-7(11(12)13)6-8-2-4-9(10)5-3-8/h2-6H,1H3/b7-6-. The molecule has 0 aromatic heterocycles. The Bertz CT molecular complexity index is 343. The highest BCUT2D eigenvalue weighted by molar-refractivity contribution is 6.30. The van der Waals surface area contributed by atoms with Crippen LogP contribution < -0.4 is 0 Å². The summed E-state index contributed by atoms with van der Waals surface area (Å²) in [6, 6.07) is 6.85. The van der Waals surface area contributed by atoms with Gasteiger partial charge in [-0.1, -0.05) is 23.7 Å². The largest absolute Gasteiger partial charge is 0.259 e. The molecule has 0 N–H and O–H groups in total. The van der Waals surface area contributed by atoms with Gasteiger partial charge in [0.1, 0.15) is 0 Å². The van der Waals surface area contributed by atoms with Crippen molar-refractivity contribution in [2.45, 2.75) is 6.92 Å². The van der Waals surface area contributed by atoms with Crippen molar-refractivity contribution in [3.8, 4) is 0 Å². The monoisotopic (exact) mass is 197 g/mol. The van der Waals surface area contributed by atoms with Gasteiger partial charge in [-0.2, -0.15) is 0 Å². The molecule has 1 rings (SSSR count). The first-order valence-electron chi connectivity index (χ1n) is 3.68. The lowest BCUT2D eigenvalue weighted by Crippen LogP contribution is -1.92. The summed E-state index contributed by atoms with van der Waals surface area (Å²) in [7, 11) is 0.